The van der Waals surface area contributed by atoms with Gasteiger partial charge in [0.05, 0.1) is 7.11 Å². The van der Waals surface area contributed by atoms with Crippen LogP contribution in [0.25, 0.3) is 5.69 Å². The summed E-state index contributed by atoms with van der Waals surface area (Å²) < 4.78 is 7.03. The average Bonchev–Trinajstić information content (AvgIpc) is 3.10. The Balaban J connectivity index is 1.91. The van der Waals surface area contributed by atoms with Gasteiger partial charge in [-0.1, -0.05) is 19.9 Å². The van der Waals surface area contributed by atoms with E-state index in [9.17, 15) is 9.59 Å². The molecule has 1 aliphatic heterocycles. The second-order valence-corrected chi connectivity index (χ2v) is 6.80. The molecule has 1 fully saturated rings. The third-order valence-corrected chi connectivity index (χ3v) is 4.54. The second-order valence-electron chi connectivity index (χ2n) is 6.80. The van der Waals surface area contributed by atoms with Gasteiger partial charge in [-0.2, -0.15) is 5.10 Å². The standard InChI is InChI=1S/C19H24N4O3/c1-12(2)17-18(24)20-8-10-22(17)19(25)14-7-9-23(21-14)15-11-13(3)5-6-16(15)26-4/h5-7,9,11-12,17H,8,10H2,1-4H3,(H,20,24). The minimum absolute atomic E-state index is 0.0261. The van der Waals surface area contributed by atoms with E-state index in [0.717, 1.165) is 11.3 Å². The number of amides is 2. The van der Waals surface area contributed by atoms with E-state index in [0.29, 0.717) is 24.5 Å². The Morgan fingerprint density at radius 1 is 1.35 bits per heavy atom. The molecule has 0 saturated carbocycles. The van der Waals surface area contributed by atoms with Crippen molar-refractivity contribution in [3.8, 4) is 11.4 Å². The summed E-state index contributed by atoms with van der Waals surface area (Å²) in [6, 6.07) is 6.98. The van der Waals surface area contributed by atoms with Gasteiger partial charge in [-0.25, -0.2) is 4.68 Å². The van der Waals surface area contributed by atoms with Crippen LogP contribution < -0.4 is 10.1 Å². The molecule has 0 bridgehead atoms. The lowest BCUT2D eigenvalue weighted by Gasteiger charge is -2.36. The van der Waals surface area contributed by atoms with Crippen LogP contribution >= 0.6 is 0 Å². The molecule has 7 nitrogen and oxygen atoms in total. The molecule has 1 aromatic heterocycles. The number of rotatable bonds is 4. The summed E-state index contributed by atoms with van der Waals surface area (Å²) in [5.74, 6) is 0.358. The number of carbonyl (C=O) groups is 2. The molecular formula is C19H24N4O3. The molecule has 3 rings (SSSR count). The van der Waals surface area contributed by atoms with E-state index < -0.39 is 6.04 Å². The summed E-state index contributed by atoms with van der Waals surface area (Å²) >= 11 is 0. The summed E-state index contributed by atoms with van der Waals surface area (Å²) in [6.45, 7) is 6.80. The van der Waals surface area contributed by atoms with Gasteiger partial charge in [0.2, 0.25) is 5.91 Å². The fourth-order valence-electron chi connectivity index (χ4n) is 3.27. The molecule has 2 amide bonds. The van der Waals surface area contributed by atoms with Gasteiger partial charge in [-0.05, 0) is 36.6 Å². The highest BCUT2D eigenvalue weighted by Gasteiger charge is 2.36. The first-order chi connectivity index (χ1) is 12.4. The third kappa shape index (κ3) is 3.29. The van der Waals surface area contributed by atoms with Crippen LogP contribution in [0.2, 0.25) is 0 Å². The molecule has 1 aliphatic rings. The fraction of sp³-hybridized carbons (Fsp3) is 0.421. The number of aryl methyl sites for hydroxylation is 1. The normalized spacial score (nSPS) is 17.3. The lowest BCUT2D eigenvalue weighted by Crippen LogP contribution is -2.59. The Hall–Kier alpha value is -2.83. The van der Waals surface area contributed by atoms with Crippen molar-refractivity contribution in [1.82, 2.24) is 20.0 Å². The van der Waals surface area contributed by atoms with Gasteiger partial charge in [0.15, 0.2) is 5.69 Å². The molecule has 7 heteroatoms. The Morgan fingerprint density at radius 2 is 2.12 bits per heavy atom. The van der Waals surface area contributed by atoms with Crippen LogP contribution in [0.5, 0.6) is 5.75 Å². The first kappa shape index (κ1) is 18.0. The van der Waals surface area contributed by atoms with Gasteiger partial charge in [-0.3, -0.25) is 9.59 Å². The maximum absolute atomic E-state index is 13.0. The van der Waals surface area contributed by atoms with E-state index in [1.807, 2.05) is 39.0 Å². The number of piperazine rings is 1. The van der Waals surface area contributed by atoms with E-state index >= 15 is 0 Å². The van der Waals surface area contributed by atoms with Gasteiger partial charge in [0.25, 0.3) is 5.91 Å². The number of nitrogens with one attached hydrogen (secondary N) is 1. The van der Waals surface area contributed by atoms with Crippen molar-refractivity contribution in [2.75, 3.05) is 20.2 Å². The van der Waals surface area contributed by atoms with Crippen molar-refractivity contribution in [3.05, 3.63) is 41.7 Å². The van der Waals surface area contributed by atoms with E-state index in [4.69, 9.17) is 4.74 Å². The number of hydrogen-bond acceptors (Lipinski definition) is 4. The van der Waals surface area contributed by atoms with Crippen LogP contribution in [0, 0.1) is 12.8 Å². The molecule has 138 valence electrons. The summed E-state index contributed by atoms with van der Waals surface area (Å²) in [5, 5.41) is 7.27. The topological polar surface area (TPSA) is 76.5 Å². The summed E-state index contributed by atoms with van der Waals surface area (Å²) in [7, 11) is 1.60. The molecule has 2 aromatic rings. The second kappa shape index (κ2) is 7.19. The SMILES string of the molecule is COc1ccc(C)cc1-n1ccc(C(=O)N2CCNC(=O)C2C(C)C)n1. The van der Waals surface area contributed by atoms with Crippen LogP contribution in [0.1, 0.15) is 29.9 Å². The maximum atomic E-state index is 13.0. The minimum Gasteiger partial charge on any atom is -0.494 e. The number of ether oxygens (including phenoxy) is 1. The van der Waals surface area contributed by atoms with E-state index in [-0.39, 0.29) is 17.7 Å². The number of carbonyl (C=O) groups excluding carboxylic acids is 2. The van der Waals surface area contributed by atoms with E-state index in [1.165, 1.54) is 0 Å². The Labute approximate surface area is 152 Å². The summed E-state index contributed by atoms with van der Waals surface area (Å²) in [5.41, 5.74) is 2.15. The average molecular weight is 356 g/mol. The largest absolute Gasteiger partial charge is 0.494 e. The highest BCUT2D eigenvalue weighted by Crippen LogP contribution is 2.24. The molecule has 1 N–H and O–H groups in total. The smallest absolute Gasteiger partial charge is 0.275 e. The van der Waals surface area contributed by atoms with E-state index in [1.54, 1.807) is 29.0 Å². The molecule has 2 heterocycles. The first-order valence-electron chi connectivity index (χ1n) is 8.71. The lowest BCUT2D eigenvalue weighted by molar-refractivity contribution is -0.129. The molecule has 0 aliphatic carbocycles. The van der Waals surface area contributed by atoms with Gasteiger partial charge in [-0.15, -0.1) is 0 Å². The zero-order chi connectivity index (χ0) is 18.8. The van der Waals surface area contributed by atoms with Crippen LogP contribution in [0.3, 0.4) is 0 Å². The molecular weight excluding hydrogens is 332 g/mol. The van der Waals surface area contributed by atoms with Crippen molar-refractivity contribution >= 4 is 11.8 Å². The van der Waals surface area contributed by atoms with Crippen LogP contribution in [-0.2, 0) is 4.79 Å². The molecule has 1 atom stereocenters. The van der Waals surface area contributed by atoms with Gasteiger partial charge in [0, 0.05) is 19.3 Å². The fourth-order valence-corrected chi connectivity index (χ4v) is 3.27. The van der Waals surface area contributed by atoms with Crippen molar-refractivity contribution in [2.45, 2.75) is 26.8 Å². The van der Waals surface area contributed by atoms with Gasteiger partial charge < -0.3 is 15.0 Å². The van der Waals surface area contributed by atoms with Crippen LogP contribution in [0.15, 0.2) is 30.5 Å². The monoisotopic (exact) mass is 356 g/mol. The molecule has 1 saturated heterocycles. The maximum Gasteiger partial charge on any atom is 0.275 e. The Kier molecular flexibility index (Phi) is 4.97. The molecule has 0 radical (unpaired) electrons. The first-order valence-corrected chi connectivity index (χ1v) is 8.71. The lowest BCUT2D eigenvalue weighted by atomic mass is 9.99. The summed E-state index contributed by atoms with van der Waals surface area (Å²) in [6.07, 6.45) is 1.74. The molecule has 1 aromatic carbocycles. The Morgan fingerprint density at radius 3 is 2.81 bits per heavy atom. The van der Waals surface area contributed by atoms with Crippen molar-refractivity contribution < 1.29 is 14.3 Å². The minimum atomic E-state index is -0.477. The van der Waals surface area contributed by atoms with Gasteiger partial charge >= 0.3 is 0 Å². The van der Waals surface area contributed by atoms with Crippen LogP contribution in [0.4, 0.5) is 0 Å². The highest BCUT2D eigenvalue weighted by atomic mass is 16.5. The van der Waals surface area contributed by atoms with Crippen LogP contribution in [-0.4, -0.2) is 52.7 Å². The van der Waals surface area contributed by atoms with Gasteiger partial charge in [0.1, 0.15) is 17.5 Å². The Bertz CT molecular complexity index is 828. The van der Waals surface area contributed by atoms with Crippen molar-refractivity contribution in [1.29, 1.82) is 0 Å². The zero-order valence-corrected chi connectivity index (χ0v) is 15.5. The van der Waals surface area contributed by atoms with Crippen molar-refractivity contribution in [2.24, 2.45) is 5.92 Å². The van der Waals surface area contributed by atoms with Crippen molar-refractivity contribution in [3.63, 3.8) is 0 Å². The number of nitrogens with zero attached hydrogens (tertiary/aromatic N) is 3. The quantitative estimate of drug-likeness (QED) is 0.906. The number of aromatic nitrogens is 2. The summed E-state index contributed by atoms with van der Waals surface area (Å²) in [4.78, 5) is 26.8. The number of hydrogen-bond donors (Lipinski definition) is 1. The highest BCUT2D eigenvalue weighted by molar-refractivity contribution is 5.97. The molecule has 0 spiro atoms. The third-order valence-electron chi connectivity index (χ3n) is 4.54. The molecule has 1 unspecified atom stereocenters. The predicted octanol–water partition coefficient (Wildman–Crippen LogP) is 1.79. The zero-order valence-electron chi connectivity index (χ0n) is 15.5. The number of benzene rings is 1. The molecule has 26 heavy (non-hydrogen) atoms. The predicted molar refractivity (Wildman–Crippen MR) is 97.5 cm³/mol. The number of methoxy groups -OCH3 is 1. The van der Waals surface area contributed by atoms with E-state index in [2.05, 4.69) is 10.4 Å².